The molecule has 0 amide bonds. The lowest BCUT2D eigenvalue weighted by atomic mass is 10.2. The average molecular weight is 464 g/mol. The van der Waals surface area contributed by atoms with Gasteiger partial charge in [0.1, 0.15) is 5.75 Å². The van der Waals surface area contributed by atoms with Gasteiger partial charge in [0.05, 0.1) is 28.3 Å². The van der Waals surface area contributed by atoms with Gasteiger partial charge in [-0.15, -0.1) is 0 Å². The summed E-state index contributed by atoms with van der Waals surface area (Å²) in [7, 11) is -0.644. The second kappa shape index (κ2) is 8.52. The quantitative estimate of drug-likeness (QED) is 0.728. The van der Waals surface area contributed by atoms with Crippen LogP contribution in [-0.4, -0.2) is 53.7 Å². The Morgan fingerprint density at radius 2 is 1.73 bits per heavy atom. The van der Waals surface area contributed by atoms with Crippen molar-refractivity contribution in [2.75, 3.05) is 50.0 Å². The third-order valence-corrected chi connectivity index (χ3v) is 6.54. The number of nitrogens with zero attached hydrogens (tertiary/aromatic N) is 2. The zero-order chi connectivity index (χ0) is 22.1. The molecular weight excluding hydrogens is 443 g/mol. The van der Waals surface area contributed by atoms with Crippen molar-refractivity contribution >= 4 is 33.0 Å². The summed E-state index contributed by atoms with van der Waals surface area (Å²) in [6.07, 6.45) is -4.70. The second-order valence-corrected chi connectivity index (χ2v) is 9.01. The Balaban J connectivity index is 1.92. The normalized spacial score (nSPS) is 15.9. The van der Waals surface area contributed by atoms with Crippen molar-refractivity contribution in [2.24, 2.45) is 0 Å². The lowest BCUT2D eigenvalue weighted by Crippen LogP contribution is -2.44. The zero-order valence-corrected chi connectivity index (χ0v) is 17.9. The van der Waals surface area contributed by atoms with Gasteiger partial charge < -0.3 is 14.5 Å². The number of alkyl halides is 3. The first-order chi connectivity index (χ1) is 14.0. The van der Waals surface area contributed by atoms with Crippen LogP contribution in [0.4, 0.5) is 24.5 Å². The molecule has 164 valence electrons. The van der Waals surface area contributed by atoms with E-state index in [0.29, 0.717) is 30.6 Å². The number of ether oxygens (including phenoxy) is 1. The fourth-order valence-corrected chi connectivity index (χ4v) is 4.45. The zero-order valence-electron chi connectivity index (χ0n) is 16.3. The molecule has 0 spiro atoms. The average Bonchev–Trinajstić information content (AvgIpc) is 2.68. The Labute approximate surface area is 178 Å². The summed E-state index contributed by atoms with van der Waals surface area (Å²) in [5.74, 6) is 0.518. The molecule has 11 heteroatoms. The van der Waals surface area contributed by atoms with Gasteiger partial charge in [0, 0.05) is 31.9 Å². The number of piperazine rings is 1. The maximum Gasteiger partial charge on any atom is 0.417 e. The number of hydrogen-bond donors (Lipinski definition) is 1. The van der Waals surface area contributed by atoms with Gasteiger partial charge in [-0.3, -0.25) is 4.72 Å². The third kappa shape index (κ3) is 4.93. The standard InChI is InChI=1S/C19H21ClF3N3O3S/c1-25-7-9-26(10-8-25)17-12-14(4-6-18(17)29-2)30(27,28)24-13-3-5-16(20)15(11-13)19(21,22)23/h3-6,11-12,24H,7-10H2,1-2H3. The van der Waals surface area contributed by atoms with Crippen molar-refractivity contribution in [1.29, 1.82) is 0 Å². The number of halogens is 4. The minimum atomic E-state index is -4.70. The molecule has 6 nitrogen and oxygen atoms in total. The molecule has 0 saturated carbocycles. The van der Waals surface area contributed by atoms with E-state index in [9.17, 15) is 21.6 Å². The fourth-order valence-electron chi connectivity index (χ4n) is 3.15. The van der Waals surface area contributed by atoms with Crippen molar-refractivity contribution in [1.82, 2.24) is 4.90 Å². The van der Waals surface area contributed by atoms with Crippen molar-refractivity contribution < 1.29 is 26.3 Å². The minimum Gasteiger partial charge on any atom is -0.495 e. The van der Waals surface area contributed by atoms with E-state index in [4.69, 9.17) is 16.3 Å². The lowest BCUT2D eigenvalue weighted by molar-refractivity contribution is -0.137. The Bertz CT molecular complexity index is 1020. The van der Waals surface area contributed by atoms with E-state index >= 15 is 0 Å². The molecule has 0 bridgehead atoms. The molecule has 3 rings (SSSR count). The first-order valence-electron chi connectivity index (χ1n) is 9.02. The maximum absolute atomic E-state index is 13.1. The number of anilines is 2. The number of sulfonamides is 1. The van der Waals surface area contributed by atoms with Crippen molar-refractivity contribution in [3.8, 4) is 5.75 Å². The SMILES string of the molecule is COc1ccc(S(=O)(=O)Nc2ccc(Cl)c(C(F)(F)F)c2)cc1N1CCN(C)CC1. The number of hydrogen-bond acceptors (Lipinski definition) is 5. The molecule has 0 unspecified atom stereocenters. The third-order valence-electron chi connectivity index (χ3n) is 4.83. The van der Waals surface area contributed by atoms with Crippen LogP contribution in [-0.2, 0) is 16.2 Å². The van der Waals surface area contributed by atoms with Crippen LogP contribution >= 0.6 is 11.6 Å². The van der Waals surface area contributed by atoms with Crippen LogP contribution in [0.25, 0.3) is 0 Å². The second-order valence-electron chi connectivity index (χ2n) is 6.92. The summed E-state index contributed by atoms with van der Waals surface area (Å²) in [6, 6.07) is 7.20. The summed E-state index contributed by atoms with van der Waals surface area (Å²) >= 11 is 5.60. The van der Waals surface area contributed by atoms with Gasteiger partial charge in [0.25, 0.3) is 10.0 Å². The van der Waals surface area contributed by atoms with E-state index in [1.165, 1.54) is 31.4 Å². The number of rotatable bonds is 5. The molecule has 1 fully saturated rings. The van der Waals surface area contributed by atoms with Crippen LogP contribution < -0.4 is 14.4 Å². The van der Waals surface area contributed by atoms with Crippen molar-refractivity contribution in [3.05, 3.63) is 47.0 Å². The summed E-state index contributed by atoms with van der Waals surface area (Å²) < 4.78 is 72.5. The number of methoxy groups -OCH3 is 1. The van der Waals surface area contributed by atoms with Gasteiger partial charge in [0.15, 0.2) is 0 Å². The largest absolute Gasteiger partial charge is 0.495 e. The predicted octanol–water partition coefficient (Wildman–Crippen LogP) is 3.92. The van der Waals surface area contributed by atoms with Gasteiger partial charge >= 0.3 is 6.18 Å². The van der Waals surface area contributed by atoms with Gasteiger partial charge in [0.2, 0.25) is 0 Å². The highest BCUT2D eigenvalue weighted by Gasteiger charge is 2.33. The fraction of sp³-hybridized carbons (Fsp3) is 0.368. The molecular formula is C19H21ClF3N3O3S. The van der Waals surface area contributed by atoms with Gasteiger partial charge in [-0.25, -0.2) is 8.42 Å². The summed E-state index contributed by atoms with van der Waals surface area (Å²) in [4.78, 5) is 4.09. The highest BCUT2D eigenvalue weighted by molar-refractivity contribution is 7.92. The van der Waals surface area contributed by atoms with Crippen molar-refractivity contribution in [2.45, 2.75) is 11.1 Å². The molecule has 0 aliphatic carbocycles. The van der Waals surface area contributed by atoms with Gasteiger partial charge in [-0.05, 0) is 43.4 Å². The van der Waals surface area contributed by atoms with E-state index in [1.807, 2.05) is 11.9 Å². The Morgan fingerprint density at radius 3 is 2.33 bits per heavy atom. The summed E-state index contributed by atoms with van der Waals surface area (Å²) in [5, 5.41) is -0.507. The topological polar surface area (TPSA) is 61.9 Å². The number of likely N-dealkylation sites (N-methyl/N-ethyl adjacent to an activating group) is 1. The Morgan fingerprint density at radius 1 is 1.07 bits per heavy atom. The molecule has 1 saturated heterocycles. The molecule has 30 heavy (non-hydrogen) atoms. The van der Waals surface area contributed by atoms with E-state index < -0.39 is 26.8 Å². The van der Waals surface area contributed by atoms with Gasteiger partial charge in [-0.1, -0.05) is 11.6 Å². The van der Waals surface area contributed by atoms with Gasteiger partial charge in [-0.2, -0.15) is 13.2 Å². The van der Waals surface area contributed by atoms with Crippen LogP contribution in [0.1, 0.15) is 5.56 Å². The van der Waals surface area contributed by atoms with Crippen LogP contribution in [0.5, 0.6) is 5.75 Å². The highest BCUT2D eigenvalue weighted by Crippen LogP contribution is 2.37. The highest BCUT2D eigenvalue weighted by atomic mass is 35.5. The van der Waals surface area contributed by atoms with E-state index in [1.54, 1.807) is 0 Å². The summed E-state index contributed by atoms with van der Waals surface area (Å²) in [6.45, 7) is 3.00. The minimum absolute atomic E-state index is 0.0827. The molecule has 0 aromatic heterocycles. The van der Waals surface area contributed by atoms with Crippen LogP contribution in [0, 0.1) is 0 Å². The first kappa shape index (κ1) is 22.5. The van der Waals surface area contributed by atoms with E-state index in [0.717, 1.165) is 19.2 Å². The molecule has 1 aliphatic rings. The Hall–Kier alpha value is -2.17. The molecule has 1 aliphatic heterocycles. The number of benzene rings is 2. The Kier molecular flexibility index (Phi) is 6.40. The molecule has 1 heterocycles. The first-order valence-corrected chi connectivity index (χ1v) is 10.9. The number of nitrogens with one attached hydrogen (secondary N) is 1. The van der Waals surface area contributed by atoms with E-state index in [2.05, 4.69) is 9.62 Å². The lowest BCUT2D eigenvalue weighted by Gasteiger charge is -2.34. The predicted molar refractivity (Wildman–Crippen MR) is 110 cm³/mol. The van der Waals surface area contributed by atoms with Crippen LogP contribution in [0.2, 0.25) is 5.02 Å². The van der Waals surface area contributed by atoms with Crippen molar-refractivity contribution in [3.63, 3.8) is 0 Å². The van der Waals surface area contributed by atoms with Crippen LogP contribution in [0.15, 0.2) is 41.3 Å². The molecule has 1 N–H and O–H groups in total. The smallest absolute Gasteiger partial charge is 0.417 e. The molecule has 0 atom stereocenters. The monoisotopic (exact) mass is 463 g/mol. The molecule has 2 aromatic carbocycles. The maximum atomic E-state index is 13.1. The molecule has 2 aromatic rings. The van der Waals surface area contributed by atoms with Crippen LogP contribution in [0.3, 0.4) is 0 Å². The van der Waals surface area contributed by atoms with E-state index in [-0.39, 0.29) is 10.6 Å². The molecule has 0 radical (unpaired) electrons. The summed E-state index contributed by atoms with van der Waals surface area (Å²) in [5.41, 5.74) is -0.735.